The minimum Gasteiger partial charge on any atom is -0.332 e. The Morgan fingerprint density at radius 3 is 2.70 bits per heavy atom. The van der Waals surface area contributed by atoms with Gasteiger partial charge in [-0.05, 0) is 20.5 Å². The number of hydrogen-bond donors (Lipinski definition) is 4. The van der Waals surface area contributed by atoms with Crippen LogP contribution in [-0.2, 0) is 4.84 Å². The molecule has 116 valence electrons. The summed E-state index contributed by atoms with van der Waals surface area (Å²) in [7, 11) is 6.63. The summed E-state index contributed by atoms with van der Waals surface area (Å²) >= 11 is 0. The molecule has 20 heavy (non-hydrogen) atoms. The molecule has 3 aliphatic heterocycles. The second-order valence-electron chi connectivity index (χ2n) is 6.99. The van der Waals surface area contributed by atoms with E-state index in [0.29, 0.717) is 24.3 Å². The van der Waals surface area contributed by atoms with Gasteiger partial charge in [0.25, 0.3) is 0 Å². The first-order chi connectivity index (χ1) is 9.65. The van der Waals surface area contributed by atoms with Crippen LogP contribution in [-0.4, -0.2) is 63.7 Å². The van der Waals surface area contributed by atoms with Gasteiger partial charge in [-0.2, -0.15) is 5.48 Å². The summed E-state index contributed by atoms with van der Waals surface area (Å²) in [5, 5.41) is 6.16. The molecule has 3 heterocycles. The average molecular weight is 285 g/mol. The maximum atomic E-state index is 5.84. The molecule has 5 N–H and O–H groups in total. The van der Waals surface area contributed by atoms with Crippen LogP contribution in [0.4, 0.5) is 0 Å². The van der Waals surface area contributed by atoms with Crippen LogP contribution in [0.3, 0.4) is 0 Å². The number of rotatable bonds is 3. The molecule has 0 aromatic heterocycles. The van der Waals surface area contributed by atoms with Crippen LogP contribution in [0.15, 0.2) is 0 Å². The van der Waals surface area contributed by atoms with Gasteiger partial charge < -0.3 is 10.2 Å². The smallest absolute Gasteiger partial charge is 0.183 e. The lowest BCUT2D eigenvalue weighted by molar-refractivity contribution is -0.896. The maximum Gasteiger partial charge on any atom is 0.183 e. The summed E-state index contributed by atoms with van der Waals surface area (Å²) in [4.78, 5) is 9.77. The van der Waals surface area contributed by atoms with Gasteiger partial charge >= 0.3 is 0 Å². The summed E-state index contributed by atoms with van der Waals surface area (Å²) in [6.45, 7) is 2.45. The van der Waals surface area contributed by atoms with Gasteiger partial charge in [0.2, 0.25) is 0 Å². The molecule has 0 spiro atoms. The molecule has 3 aliphatic rings. The Kier molecular flexibility index (Phi) is 4.59. The number of quaternary nitrogens is 2. The molecule has 0 radical (unpaired) electrons. The molecule has 6 unspecified atom stereocenters. The number of likely N-dealkylation sites (N-methyl/N-ethyl adjacent to an activating group) is 1. The van der Waals surface area contributed by atoms with Gasteiger partial charge in [-0.1, -0.05) is 0 Å². The van der Waals surface area contributed by atoms with Crippen molar-refractivity contribution in [3.8, 4) is 0 Å². The predicted octanol–water partition coefficient (Wildman–Crippen LogP) is -2.70. The lowest BCUT2D eigenvalue weighted by Crippen LogP contribution is -3.12. The molecule has 6 atom stereocenters. The SMILES string of the molecule is CN(C)C1CCC(C2NOC(C3CCC[NH+]3C)N2)C[NH2+]1. The third kappa shape index (κ3) is 3.00. The number of hydrogen-bond acceptors (Lipinski definition) is 4. The van der Waals surface area contributed by atoms with Crippen molar-refractivity contribution >= 4 is 0 Å². The van der Waals surface area contributed by atoms with Crippen molar-refractivity contribution in [3.63, 3.8) is 0 Å². The molecule has 3 saturated heterocycles. The number of hydroxylamine groups is 1. The Labute approximate surface area is 122 Å². The van der Waals surface area contributed by atoms with Gasteiger partial charge in [-0.3, -0.25) is 15.1 Å². The van der Waals surface area contributed by atoms with Crippen LogP contribution >= 0.6 is 0 Å². The monoisotopic (exact) mass is 285 g/mol. The van der Waals surface area contributed by atoms with Gasteiger partial charge in [0.1, 0.15) is 12.2 Å². The molecule has 3 fully saturated rings. The first kappa shape index (κ1) is 14.7. The largest absolute Gasteiger partial charge is 0.332 e. The zero-order valence-electron chi connectivity index (χ0n) is 13.1. The molecule has 6 heteroatoms. The van der Waals surface area contributed by atoms with E-state index in [2.05, 4.69) is 42.2 Å². The van der Waals surface area contributed by atoms with Crippen molar-refractivity contribution in [1.29, 1.82) is 0 Å². The van der Waals surface area contributed by atoms with Crippen LogP contribution in [0.5, 0.6) is 0 Å². The van der Waals surface area contributed by atoms with Crippen molar-refractivity contribution in [3.05, 3.63) is 0 Å². The summed E-state index contributed by atoms with van der Waals surface area (Å²) in [6, 6.07) is 0.606. The van der Waals surface area contributed by atoms with Gasteiger partial charge in [-0.25, -0.2) is 0 Å². The van der Waals surface area contributed by atoms with E-state index in [0.717, 1.165) is 0 Å². The quantitative estimate of drug-likeness (QED) is 0.456. The van der Waals surface area contributed by atoms with Crippen molar-refractivity contribution in [2.45, 2.75) is 50.3 Å². The van der Waals surface area contributed by atoms with E-state index in [-0.39, 0.29) is 6.23 Å². The fourth-order valence-electron chi connectivity index (χ4n) is 3.99. The molecule has 0 aromatic carbocycles. The van der Waals surface area contributed by atoms with Crippen LogP contribution in [0, 0.1) is 5.92 Å². The highest BCUT2D eigenvalue weighted by Gasteiger charge is 2.42. The second-order valence-corrected chi connectivity index (χ2v) is 6.99. The van der Waals surface area contributed by atoms with Crippen molar-refractivity contribution in [2.24, 2.45) is 5.92 Å². The maximum absolute atomic E-state index is 5.84. The van der Waals surface area contributed by atoms with Crippen molar-refractivity contribution in [1.82, 2.24) is 15.7 Å². The predicted molar refractivity (Wildman–Crippen MR) is 76.7 cm³/mol. The normalized spacial score (nSPS) is 46.2. The molecular weight excluding hydrogens is 254 g/mol. The van der Waals surface area contributed by atoms with Crippen LogP contribution in [0.25, 0.3) is 0 Å². The fraction of sp³-hybridized carbons (Fsp3) is 1.00. The summed E-state index contributed by atoms with van der Waals surface area (Å²) in [6.07, 6.45) is 6.29. The van der Waals surface area contributed by atoms with E-state index in [1.54, 1.807) is 4.90 Å². The molecule has 6 nitrogen and oxygen atoms in total. The van der Waals surface area contributed by atoms with Crippen LogP contribution in [0.1, 0.15) is 25.7 Å². The Morgan fingerprint density at radius 1 is 1.25 bits per heavy atom. The van der Waals surface area contributed by atoms with E-state index in [1.165, 1.54) is 38.8 Å². The van der Waals surface area contributed by atoms with Gasteiger partial charge in [0.05, 0.1) is 26.3 Å². The number of nitrogens with one attached hydrogen (secondary N) is 3. The highest BCUT2D eigenvalue weighted by atomic mass is 16.7. The Hall–Kier alpha value is -0.240. The van der Waals surface area contributed by atoms with Gasteiger partial charge in [0, 0.05) is 25.2 Å². The van der Waals surface area contributed by atoms with Crippen molar-refractivity contribution < 1.29 is 15.1 Å². The van der Waals surface area contributed by atoms with E-state index in [1.807, 2.05) is 0 Å². The molecule has 0 aromatic rings. The minimum atomic E-state index is 0.189. The lowest BCUT2D eigenvalue weighted by atomic mass is 9.94. The Balaban J connectivity index is 1.48. The number of likely N-dealkylation sites (tertiary alicyclic amines) is 1. The third-order valence-electron chi connectivity index (χ3n) is 5.43. The van der Waals surface area contributed by atoms with E-state index < -0.39 is 0 Å². The molecule has 3 rings (SSSR count). The first-order valence-corrected chi connectivity index (χ1v) is 8.14. The molecule has 0 bridgehead atoms. The molecule has 0 amide bonds. The summed E-state index contributed by atoms with van der Waals surface area (Å²) in [5.74, 6) is 0.665. The van der Waals surface area contributed by atoms with Gasteiger partial charge in [-0.15, -0.1) is 0 Å². The average Bonchev–Trinajstić information content (AvgIpc) is 3.07. The standard InChI is InChI=1S/C14H29N5O/c1-18(2)12-7-6-10(9-15-12)13-16-14(20-17-13)11-5-4-8-19(11)3/h10-17H,4-9H2,1-3H3/p+2. The van der Waals surface area contributed by atoms with E-state index in [4.69, 9.17) is 4.84 Å². The van der Waals surface area contributed by atoms with Crippen LogP contribution < -0.4 is 21.0 Å². The Morgan fingerprint density at radius 2 is 2.10 bits per heavy atom. The lowest BCUT2D eigenvalue weighted by Gasteiger charge is -2.32. The Bertz CT molecular complexity index is 319. The zero-order valence-corrected chi connectivity index (χ0v) is 13.1. The van der Waals surface area contributed by atoms with E-state index >= 15 is 0 Å². The zero-order chi connectivity index (χ0) is 14.1. The second kappa shape index (κ2) is 6.25. The highest BCUT2D eigenvalue weighted by molar-refractivity contribution is 4.83. The number of nitrogens with two attached hydrogens (primary N) is 1. The fourth-order valence-corrected chi connectivity index (χ4v) is 3.99. The number of piperidine rings is 1. The summed E-state index contributed by atoms with van der Waals surface area (Å²) < 4.78 is 0. The minimum absolute atomic E-state index is 0.189. The summed E-state index contributed by atoms with van der Waals surface area (Å²) in [5.41, 5.74) is 3.26. The first-order valence-electron chi connectivity index (χ1n) is 8.14. The topological polar surface area (TPSA) is 57.6 Å². The van der Waals surface area contributed by atoms with E-state index in [9.17, 15) is 0 Å². The highest BCUT2D eigenvalue weighted by Crippen LogP contribution is 2.18. The molecule has 0 aliphatic carbocycles. The molecule has 0 saturated carbocycles. The third-order valence-corrected chi connectivity index (χ3v) is 5.43. The van der Waals surface area contributed by atoms with Gasteiger partial charge in [0.15, 0.2) is 6.23 Å². The van der Waals surface area contributed by atoms with Crippen molar-refractivity contribution in [2.75, 3.05) is 34.2 Å². The number of nitrogens with zero attached hydrogens (tertiary/aromatic N) is 1. The molecular formula is C14H31N5O+2. The van der Waals surface area contributed by atoms with Crippen LogP contribution in [0.2, 0.25) is 0 Å².